The summed E-state index contributed by atoms with van der Waals surface area (Å²) in [6.45, 7) is 2.43. The third-order valence-corrected chi connectivity index (χ3v) is 3.02. The molecule has 3 nitrogen and oxygen atoms in total. The number of nitrogens with one attached hydrogen (secondary N) is 1. The van der Waals surface area contributed by atoms with Crippen LogP contribution in [0.3, 0.4) is 0 Å². The Labute approximate surface area is 90.2 Å². The summed E-state index contributed by atoms with van der Waals surface area (Å²) in [6, 6.07) is -0.883. The van der Waals surface area contributed by atoms with E-state index in [0.717, 1.165) is 12.7 Å². The Kier molecular flexibility index (Phi) is 7.00. The molecule has 0 aromatic carbocycles. The highest BCUT2D eigenvalue weighted by atomic mass is 32.2. The zero-order valence-corrected chi connectivity index (χ0v) is 9.99. The van der Waals surface area contributed by atoms with Crippen molar-refractivity contribution in [3.8, 4) is 0 Å². The smallest absolute Gasteiger partial charge is 0.253 e. The molecule has 1 atom stereocenters. The second-order valence-electron chi connectivity index (χ2n) is 3.67. The number of alkyl halides is 2. The van der Waals surface area contributed by atoms with Gasteiger partial charge < -0.3 is 5.32 Å². The van der Waals surface area contributed by atoms with Crippen molar-refractivity contribution in [2.75, 3.05) is 18.6 Å². The van der Waals surface area contributed by atoms with Crippen LogP contribution in [0.25, 0.3) is 0 Å². The van der Waals surface area contributed by atoms with E-state index < -0.39 is 22.3 Å². The van der Waals surface area contributed by atoms with Gasteiger partial charge in [-0.3, -0.25) is 0 Å². The third kappa shape index (κ3) is 8.74. The second-order valence-corrected chi connectivity index (χ2v) is 5.93. The van der Waals surface area contributed by atoms with Crippen molar-refractivity contribution in [1.29, 1.82) is 0 Å². The fourth-order valence-electron chi connectivity index (χ4n) is 1.21. The summed E-state index contributed by atoms with van der Waals surface area (Å²) in [7, 11) is -3.04. The molecule has 0 radical (unpaired) electrons. The molecule has 0 fully saturated rings. The quantitative estimate of drug-likeness (QED) is 0.701. The van der Waals surface area contributed by atoms with Crippen LogP contribution in [0.2, 0.25) is 0 Å². The maximum absolute atomic E-state index is 12.4. The molecule has 0 saturated carbocycles. The van der Waals surface area contributed by atoms with Crippen LogP contribution in [0.5, 0.6) is 0 Å². The van der Waals surface area contributed by atoms with E-state index in [9.17, 15) is 17.2 Å². The normalized spacial score (nSPS) is 14.5. The minimum atomic E-state index is -3.04. The Morgan fingerprint density at radius 3 is 2.33 bits per heavy atom. The summed E-state index contributed by atoms with van der Waals surface area (Å²) in [6.07, 6.45) is -0.0508. The van der Waals surface area contributed by atoms with E-state index in [0.29, 0.717) is 6.54 Å². The summed E-state index contributed by atoms with van der Waals surface area (Å²) in [5.74, 6) is -0.0238. The highest BCUT2D eigenvalue weighted by Gasteiger charge is 2.19. The molecule has 6 heteroatoms. The van der Waals surface area contributed by atoms with Crippen LogP contribution in [-0.2, 0) is 9.84 Å². The van der Waals surface area contributed by atoms with Gasteiger partial charge in [-0.05, 0) is 25.8 Å². The van der Waals surface area contributed by atoms with E-state index in [1.165, 1.54) is 0 Å². The topological polar surface area (TPSA) is 46.2 Å². The first kappa shape index (κ1) is 14.8. The van der Waals surface area contributed by atoms with Gasteiger partial charge >= 0.3 is 0 Å². The van der Waals surface area contributed by atoms with Crippen LogP contribution < -0.4 is 5.32 Å². The van der Waals surface area contributed by atoms with E-state index >= 15 is 0 Å². The molecular weight excluding hydrogens is 224 g/mol. The fourth-order valence-corrected chi connectivity index (χ4v) is 1.90. The van der Waals surface area contributed by atoms with Crippen LogP contribution in [0.1, 0.15) is 26.2 Å². The van der Waals surface area contributed by atoms with Crippen molar-refractivity contribution in [2.45, 2.75) is 38.7 Å². The molecule has 0 saturated heterocycles. The van der Waals surface area contributed by atoms with Gasteiger partial charge in [-0.25, -0.2) is 17.2 Å². The Morgan fingerprint density at radius 1 is 1.33 bits per heavy atom. The van der Waals surface area contributed by atoms with Gasteiger partial charge in [0.15, 0.2) is 0 Å². The standard InChI is InChI=1S/C9H19F2NO2S/c1-3-6-12-8(9(10)11)5-4-7-15(2,13)14/h8-9,12H,3-7H2,1-2H3. The van der Waals surface area contributed by atoms with Crippen molar-refractivity contribution in [3.63, 3.8) is 0 Å². The summed E-state index contributed by atoms with van der Waals surface area (Å²) in [5, 5.41) is 2.71. The monoisotopic (exact) mass is 243 g/mol. The van der Waals surface area contributed by atoms with Gasteiger partial charge in [-0.15, -0.1) is 0 Å². The Balaban J connectivity index is 3.86. The molecule has 1 unspecified atom stereocenters. The highest BCUT2D eigenvalue weighted by Crippen LogP contribution is 2.08. The van der Waals surface area contributed by atoms with Gasteiger partial charge in [-0.2, -0.15) is 0 Å². The lowest BCUT2D eigenvalue weighted by atomic mass is 10.2. The first-order chi connectivity index (χ1) is 6.87. The first-order valence-electron chi connectivity index (χ1n) is 5.06. The predicted octanol–water partition coefficient (Wildman–Crippen LogP) is 1.44. The van der Waals surface area contributed by atoms with Crippen molar-refractivity contribution in [2.24, 2.45) is 0 Å². The molecule has 0 aliphatic rings. The molecule has 0 bridgehead atoms. The summed E-state index contributed by atoms with van der Waals surface area (Å²) < 4.78 is 46.4. The van der Waals surface area contributed by atoms with Crippen LogP contribution in [-0.4, -0.2) is 39.4 Å². The minimum absolute atomic E-state index is 0.0238. The largest absolute Gasteiger partial charge is 0.309 e. The van der Waals surface area contributed by atoms with E-state index in [-0.39, 0.29) is 18.6 Å². The highest BCUT2D eigenvalue weighted by molar-refractivity contribution is 7.90. The van der Waals surface area contributed by atoms with E-state index in [4.69, 9.17) is 0 Å². The second kappa shape index (κ2) is 7.11. The Hall–Kier alpha value is -0.230. The molecule has 92 valence electrons. The Bertz CT molecular complexity index is 255. The van der Waals surface area contributed by atoms with E-state index in [1.807, 2.05) is 6.92 Å². The summed E-state index contributed by atoms with van der Waals surface area (Å²) in [5.41, 5.74) is 0. The van der Waals surface area contributed by atoms with Gasteiger partial charge in [0, 0.05) is 12.0 Å². The SMILES string of the molecule is CCCNC(CCCS(C)(=O)=O)C(F)F. The van der Waals surface area contributed by atoms with Gasteiger partial charge in [0.1, 0.15) is 9.84 Å². The van der Waals surface area contributed by atoms with Gasteiger partial charge in [0.2, 0.25) is 0 Å². The van der Waals surface area contributed by atoms with E-state index in [1.54, 1.807) is 0 Å². The van der Waals surface area contributed by atoms with Gasteiger partial charge in [-0.1, -0.05) is 6.92 Å². The summed E-state index contributed by atoms with van der Waals surface area (Å²) in [4.78, 5) is 0. The van der Waals surface area contributed by atoms with Gasteiger partial charge in [0.05, 0.1) is 6.04 Å². The van der Waals surface area contributed by atoms with Gasteiger partial charge in [0.25, 0.3) is 6.43 Å². The van der Waals surface area contributed by atoms with Crippen LogP contribution in [0.15, 0.2) is 0 Å². The van der Waals surface area contributed by atoms with Crippen LogP contribution >= 0.6 is 0 Å². The molecule has 0 amide bonds. The molecular formula is C9H19F2NO2S. The van der Waals surface area contributed by atoms with Crippen molar-refractivity contribution in [1.82, 2.24) is 5.32 Å². The van der Waals surface area contributed by atoms with Crippen molar-refractivity contribution in [3.05, 3.63) is 0 Å². The van der Waals surface area contributed by atoms with Crippen LogP contribution in [0, 0.1) is 0 Å². The average molecular weight is 243 g/mol. The van der Waals surface area contributed by atoms with Crippen molar-refractivity contribution >= 4 is 9.84 Å². The lowest BCUT2D eigenvalue weighted by Gasteiger charge is -2.16. The fraction of sp³-hybridized carbons (Fsp3) is 1.00. The third-order valence-electron chi connectivity index (χ3n) is 1.99. The lowest BCUT2D eigenvalue weighted by Crippen LogP contribution is -2.36. The number of sulfone groups is 1. The molecule has 15 heavy (non-hydrogen) atoms. The average Bonchev–Trinajstić information content (AvgIpc) is 2.08. The maximum atomic E-state index is 12.4. The number of halogens is 2. The zero-order chi connectivity index (χ0) is 11.9. The zero-order valence-electron chi connectivity index (χ0n) is 9.17. The number of rotatable bonds is 8. The maximum Gasteiger partial charge on any atom is 0.253 e. The predicted molar refractivity (Wildman–Crippen MR) is 57.0 cm³/mol. The molecule has 0 rings (SSSR count). The summed E-state index contributed by atoms with van der Waals surface area (Å²) >= 11 is 0. The lowest BCUT2D eigenvalue weighted by molar-refractivity contribution is 0.0939. The molecule has 0 aliphatic heterocycles. The molecule has 0 aromatic heterocycles. The van der Waals surface area contributed by atoms with Crippen LogP contribution in [0.4, 0.5) is 8.78 Å². The molecule has 0 heterocycles. The number of hydrogen-bond donors (Lipinski definition) is 1. The minimum Gasteiger partial charge on any atom is -0.309 e. The molecule has 1 N–H and O–H groups in total. The molecule has 0 aromatic rings. The molecule has 0 spiro atoms. The first-order valence-corrected chi connectivity index (χ1v) is 7.12. The Morgan fingerprint density at radius 2 is 1.93 bits per heavy atom. The number of hydrogen-bond acceptors (Lipinski definition) is 3. The van der Waals surface area contributed by atoms with Crippen molar-refractivity contribution < 1.29 is 17.2 Å². The van der Waals surface area contributed by atoms with E-state index in [2.05, 4.69) is 5.32 Å². The molecule has 0 aliphatic carbocycles.